The summed E-state index contributed by atoms with van der Waals surface area (Å²) in [5.74, 6) is -2.18. The molecule has 1 aliphatic rings. The summed E-state index contributed by atoms with van der Waals surface area (Å²) < 4.78 is 15.4. The van der Waals surface area contributed by atoms with Crippen LogP contribution in [0, 0.1) is 0 Å². The molecule has 4 amide bonds. The van der Waals surface area contributed by atoms with Crippen LogP contribution in [-0.4, -0.2) is 49.7 Å². The lowest BCUT2D eigenvalue weighted by molar-refractivity contribution is -0.139. The van der Waals surface area contributed by atoms with Crippen LogP contribution in [0.4, 0.5) is 10.5 Å². The summed E-state index contributed by atoms with van der Waals surface area (Å²) in [6.07, 6.45) is 1.27. The number of nitrogens with zero attached hydrogens (tertiary/aromatic N) is 1. The Morgan fingerprint density at radius 2 is 1.75 bits per heavy atom. The van der Waals surface area contributed by atoms with Crippen LogP contribution in [-0.2, 0) is 14.4 Å². The predicted octanol–water partition coefficient (Wildman–Crippen LogP) is 2.49. The van der Waals surface area contributed by atoms with E-state index in [1.54, 1.807) is 0 Å². The van der Waals surface area contributed by atoms with E-state index in [0.717, 1.165) is 4.90 Å². The highest BCUT2D eigenvalue weighted by Crippen LogP contribution is 2.32. The van der Waals surface area contributed by atoms with Crippen molar-refractivity contribution < 1.29 is 38.5 Å². The summed E-state index contributed by atoms with van der Waals surface area (Å²) in [5.41, 5.74) is 0.217. The molecule has 1 heterocycles. The molecule has 11 heteroatoms. The standard InChI is InChI=1S/C21H17ClN2O8/c1-30-15-6-4-12(9-14(15)22)24-20(28)13(19(27)23-21(24)29)7-11-3-5-16(17(8-11)31-2)32-10-18(25)26/h3-9H,10H2,1-2H3,(H,25,26)(H,23,27,29)/b13-7-. The van der Waals surface area contributed by atoms with E-state index >= 15 is 0 Å². The number of urea groups is 1. The Morgan fingerprint density at radius 1 is 1.06 bits per heavy atom. The number of amides is 4. The predicted molar refractivity (Wildman–Crippen MR) is 113 cm³/mol. The second-order valence-electron chi connectivity index (χ2n) is 6.37. The van der Waals surface area contributed by atoms with Crippen LogP contribution in [0.15, 0.2) is 42.0 Å². The number of carbonyl (C=O) groups excluding carboxylic acids is 3. The van der Waals surface area contributed by atoms with Crippen molar-refractivity contribution in [1.82, 2.24) is 5.32 Å². The van der Waals surface area contributed by atoms with Crippen molar-refractivity contribution in [3.8, 4) is 17.2 Å². The lowest BCUT2D eigenvalue weighted by Gasteiger charge is -2.26. The van der Waals surface area contributed by atoms with Crippen molar-refractivity contribution in [2.75, 3.05) is 25.7 Å². The number of imide groups is 2. The fraction of sp³-hybridized carbons (Fsp3) is 0.143. The van der Waals surface area contributed by atoms with Crippen LogP contribution < -0.4 is 24.4 Å². The number of hydrogen-bond donors (Lipinski definition) is 2. The van der Waals surface area contributed by atoms with E-state index in [9.17, 15) is 19.2 Å². The molecule has 3 rings (SSSR count). The first kappa shape index (κ1) is 22.6. The smallest absolute Gasteiger partial charge is 0.341 e. The van der Waals surface area contributed by atoms with E-state index in [0.29, 0.717) is 11.3 Å². The van der Waals surface area contributed by atoms with Gasteiger partial charge in [-0.25, -0.2) is 14.5 Å². The number of ether oxygens (including phenoxy) is 3. The highest BCUT2D eigenvalue weighted by molar-refractivity contribution is 6.39. The number of benzene rings is 2. The number of anilines is 1. The Hall–Kier alpha value is -4.05. The first-order valence-corrected chi connectivity index (χ1v) is 9.40. The second kappa shape index (κ2) is 9.40. The van der Waals surface area contributed by atoms with Crippen LogP contribution in [0.25, 0.3) is 6.08 Å². The van der Waals surface area contributed by atoms with Gasteiger partial charge < -0.3 is 19.3 Å². The Morgan fingerprint density at radius 3 is 2.38 bits per heavy atom. The summed E-state index contributed by atoms with van der Waals surface area (Å²) >= 11 is 6.09. The number of carbonyl (C=O) groups is 4. The summed E-state index contributed by atoms with van der Waals surface area (Å²) in [4.78, 5) is 49.2. The molecule has 1 aliphatic heterocycles. The Kier molecular flexibility index (Phi) is 6.64. The van der Waals surface area contributed by atoms with Crippen molar-refractivity contribution in [3.05, 3.63) is 52.6 Å². The normalized spacial score (nSPS) is 14.9. The maximum absolute atomic E-state index is 13.0. The molecule has 0 bridgehead atoms. The maximum Gasteiger partial charge on any atom is 0.341 e. The SMILES string of the molecule is COc1ccc(N2C(=O)NC(=O)/C(=C/c3ccc(OCC(=O)O)c(OC)c3)C2=O)cc1Cl. The van der Waals surface area contributed by atoms with Crippen LogP contribution in [0.2, 0.25) is 5.02 Å². The largest absolute Gasteiger partial charge is 0.495 e. The van der Waals surface area contributed by atoms with Crippen LogP contribution in [0.3, 0.4) is 0 Å². The number of aliphatic carboxylic acids is 1. The van der Waals surface area contributed by atoms with Gasteiger partial charge in [0.25, 0.3) is 11.8 Å². The van der Waals surface area contributed by atoms with Gasteiger partial charge in [-0.2, -0.15) is 0 Å². The number of hydrogen-bond acceptors (Lipinski definition) is 7. The molecule has 0 atom stereocenters. The molecule has 1 saturated heterocycles. The van der Waals surface area contributed by atoms with Crippen molar-refractivity contribution in [2.24, 2.45) is 0 Å². The second-order valence-corrected chi connectivity index (χ2v) is 6.78. The van der Waals surface area contributed by atoms with Gasteiger partial charge >= 0.3 is 12.0 Å². The summed E-state index contributed by atoms with van der Waals surface area (Å²) in [6, 6.07) is 7.77. The van der Waals surface area contributed by atoms with Gasteiger partial charge in [-0.1, -0.05) is 17.7 Å². The third-order valence-corrected chi connectivity index (χ3v) is 4.64. The van der Waals surface area contributed by atoms with Crippen LogP contribution >= 0.6 is 11.6 Å². The van der Waals surface area contributed by atoms with Crippen molar-refractivity contribution in [3.63, 3.8) is 0 Å². The van der Waals surface area contributed by atoms with E-state index in [1.165, 1.54) is 56.7 Å². The summed E-state index contributed by atoms with van der Waals surface area (Å²) in [7, 11) is 2.78. The minimum absolute atomic E-state index is 0.145. The monoisotopic (exact) mass is 460 g/mol. The number of halogens is 1. The molecule has 10 nitrogen and oxygen atoms in total. The van der Waals surface area contributed by atoms with Crippen LogP contribution in [0.5, 0.6) is 17.2 Å². The fourth-order valence-corrected chi connectivity index (χ4v) is 3.14. The van der Waals surface area contributed by atoms with E-state index in [-0.39, 0.29) is 27.8 Å². The van der Waals surface area contributed by atoms with Gasteiger partial charge in [0, 0.05) is 0 Å². The summed E-state index contributed by atoms with van der Waals surface area (Å²) in [6.45, 7) is -0.570. The number of carboxylic acid groups (broad SMARTS) is 1. The number of methoxy groups -OCH3 is 2. The highest BCUT2D eigenvalue weighted by Gasteiger charge is 2.37. The van der Waals surface area contributed by atoms with Gasteiger partial charge in [-0.15, -0.1) is 0 Å². The van der Waals surface area contributed by atoms with E-state index in [1.807, 2.05) is 0 Å². The van der Waals surface area contributed by atoms with Gasteiger partial charge in [0.2, 0.25) is 0 Å². The minimum atomic E-state index is -1.16. The zero-order valence-electron chi connectivity index (χ0n) is 16.9. The Bertz CT molecular complexity index is 1140. The van der Waals surface area contributed by atoms with Gasteiger partial charge in [-0.05, 0) is 42.0 Å². The molecular weight excluding hydrogens is 444 g/mol. The third-order valence-electron chi connectivity index (χ3n) is 4.35. The van der Waals surface area contributed by atoms with E-state index < -0.39 is 30.4 Å². The number of carboxylic acids is 1. The number of rotatable bonds is 7. The molecule has 0 unspecified atom stereocenters. The van der Waals surface area contributed by atoms with Crippen molar-refractivity contribution in [1.29, 1.82) is 0 Å². The lowest BCUT2D eigenvalue weighted by Crippen LogP contribution is -2.54. The van der Waals surface area contributed by atoms with Gasteiger partial charge in [-0.3, -0.25) is 14.9 Å². The molecule has 2 aromatic carbocycles. The number of barbiturate groups is 1. The van der Waals surface area contributed by atoms with Gasteiger partial charge in [0.05, 0.1) is 24.9 Å². The molecule has 166 valence electrons. The molecule has 2 aromatic rings. The first-order chi connectivity index (χ1) is 15.2. The molecule has 1 fully saturated rings. The van der Waals surface area contributed by atoms with Crippen molar-refractivity contribution >= 4 is 47.2 Å². The van der Waals surface area contributed by atoms with Crippen molar-refractivity contribution in [2.45, 2.75) is 0 Å². The Balaban J connectivity index is 1.95. The maximum atomic E-state index is 13.0. The molecule has 0 radical (unpaired) electrons. The topological polar surface area (TPSA) is 131 Å². The van der Waals surface area contributed by atoms with Gasteiger partial charge in [0.15, 0.2) is 18.1 Å². The molecule has 0 aromatic heterocycles. The van der Waals surface area contributed by atoms with Gasteiger partial charge in [0.1, 0.15) is 11.3 Å². The molecule has 0 spiro atoms. The molecular formula is C21H17ClN2O8. The van der Waals surface area contributed by atoms with Crippen LogP contribution in [0.1, 0.15) is 5.56 Å². The molecule has 32 heavy (non-hydrogen) atoms. The average Bonchev–Trinajstić information content (AvgIpc) is 2.75. The highest BCUT2D eigenvalue weighted by atomic mass is 35.5. The summed E-state index contributed by atoms with van der Waals surface area (Å²) in [5, 5.41) is 11.0. The number of nitrogens with one attached hydrogen (secondary N) is 1. The average molecular weight is 461 g/mol. The van der Waals surface area contributed by atoms with E-state index in [4.69, 9.17) is 30.9 Å². The fourth-order valence-electron chi connectivity index (χ4n) is 2.89. The van der Waals surface area contributed by atoms with E-state index in [2.05, 4.69) is 5.32 Å². The zero-order chi connectivity index (χ0) is 23.4. The molecule has 0 saturated carbocycles. The quantitative estimate of drug-likeness (QED) is 0.476. The minimum Gasteiger partial charge on any atom is -0.495 e. The molecule has 2 N–H and O–H groups in total. The lowest BCUT2D eigenvalue weighted by atomic mass is 10.1. The first-order valence-electron chi connectivity index (χ1n) is 9.02. The zero-order valence-corrected chi connectivity index (χ0v) is 17.6. The Labute approximate surface area is 186 Å². The third kappa shape index (κ3) is 4.65. The molecule has 0 aliphatic carbocycles.